The summed E-state index contributed by atoms with van der Waals surface area (Å²) in [6.45, 7) is 4.58. The molecular weight excluding hydrogens is 218 g/mol. The number of hydrogen-bond donors (Lipinski definition) is 0. The molecule has 0 aromatic heterocycles. The predicted molar refractivity (Wildman–Crippen MR) is 70.8 cm³/mol. The van der Waals surface area contributed by atoms with Gasteiger partial charge in [-0.3, -0.25) is 0 Å². The fourth-order valence-electron chi connectivity index (χ4n) is 2.65. The van der Waals surface area contributed by atoms with Gasteiger partial charge >= 0.3 is 0 Å². The maximum absolute atomic E-state index is 4.55. The van der Waals surface area contributed by atoms with Gasteiger partial charge in [-0.2, -0.15) is 9.71 Å². The summed E-state index contributed by atoms with van der Waals surface area (Å²) in [6.07, 6.45) is 7.42. The summed E-state index contributed by atoms with van der Waals surface area (Å²) in [5.74, 6) is 0.774. The largest absolute Gasteiger partial charge is 0.204 e. The molecule has 16 heavy (non-hydrogen) atoms. The highest BCUT2D eigenvalue weighted by atomic mass is 32.2. The maximum Gasteiger partial charge on any atom is 0.204 e. The molecule has 1 heterocycles. The first-order valence-electron chi connectivity index (χ1n) is 6.35. The Labute approximate surface area is 104 Å². The van der Waals surface area contributed by atoms with Crippen LogP contribution in [0.1, 0.15) is 39.5 Å². The van der Waals surface area contributed by atoms with E-state index in [9.17, 15) is 0 Å². The highest BCUT2D eigenvalue weighted by Gasteiger charge is 2.44. The number of likely N-dealkylation sites (N-methyl/N-ethyl adjacent to an activating group) is 2. The first-order chi connectivity index (χ1) is 7.65. The molecule has 0 fully saturated rings. The molecule has 0 spiro atoms. The summed E-state index contributed by atoms with van der Waals surface area (Å²) in [7, 11) is 4.20. The Balaban J connectivity index is 2.68. The van der Waals surface area contributed by atoms with Crippen molar-refractivity contribution in [3.05, 3.63) is 0 Å². The molecule has 3 atom stereocenters. The van der Waals surface area contributed by atoms with E-state index in [0.717, 1.165) is 5.92 Å². The maximum atomic E-state index is 4.55. The van der Waals surface area contributed by atoms with Crippen molar-refractivity contribution in [3.63, 3.8) is 0 Å². The van der Waals surface area contributed by atoms with E-state index in [2.05, 4.69) is 49.1 Å². The first-order valence-corrected chi connectivity index (χ1v) is 7.64. The quantitative estimate of drug-likeness (QED) is 0.668. The summed E-state index contributed by atoms with van der Waals surface area (Å²) >= 11 is 1.92. The van der Waals surface area contributed by atoms with Crippen LogP contribution in [0.2, 0.25) is 0 Å². The average molecular weight is 244 g/mol. The first kappa shape index (κ1) is 13.8. The fraction of sp³-hybridized carbons (Fsp3) is 1.00. The van der Waals surface area contributed by atoms with Crippen LogP contribution in [-0.4, -0.2) is 41.5 Å². The van der Waals surface area contributed by atoms with Gasteiger partial charge in [-0.25, -0.2) is 0 Å². The van der Waals surface area contributed by atoms with Crippen molar-refractivity contribution in [2.24, 2.45) is 11.1 Å². The van der Waals surface area contributed by atoms with Crippen LogP contribution in [0.4, 0.5) is 0 Å². The van der Waals surface area contributed by atoms with Crippen LogP contribution < -0.4 is 0 Å². The van der Waals surface area contributed by atoms with Crippen molar-refractivity contribution in [2.45, 2.75) is 50.9 Å². The van der Waals surface area contributed by atoms with Crippen LogP contribution >= 0.6 is 11.8 Å². The minimum absolute atomic E-state index is 0.520. The van der Waals surface area contributed by atoms with E-state index in [-0.39, 0.29) is 0 Å². The molecule has 1 rings (SSSR count). The molecule has 1 aliphatic heterocycles. The van der Waals surface area contributed by atoms with Gasteiger partial charge in [0.15, 0.2) is 6.04 Å². The van der Waals surface area contributed by atoms with E-state index in [1.54, 1.807) is 0 Å². The summed E-state index contributed by atoms with van der Waals surface area (Å²) in [6, 6.07) is 0.580. The van der Waals surface area contributed by atoms with Crippen LogP contribution in [0.3, 0.4) is 0 Å². The predicted octanol–water partition coefficient (Wildman–Crippen LogP) is 3.22. The van der Waals surface area contributed by atoms with Crippen molar-refractivity contribution in [3.8, 4) is 0 Å². The monoisotopic (exact) mass is 244 g/mol. The molecule has 3 nitrogen and oxygen atoms in total. The summed E-state index contributed by atoms with van der Waals surface area (Å²) in [4.78, 5) is 0. The van der Waals surface area contributed by atoms with Gasteiger partial charge in [0.1, 0.15) is 0 Å². The Hall–Kier alpha value is -0.250. The van der Waals surface area contributed by atoms with Crippen molar-refractivity contribution in [1.29, 1.82) is 0 Å². The molecule has 0 N–H and O–H groups in total. The Morgan fingerprint density at radius 3 is 2.62 bits per heavy atom. The van der Waals surface area contributed by atoms with E-state index in [4.69, 9.17) is 0 Å². The zero-order valence-corrected chi connectivity index (χ0v) is 12.1. The molecule has 0 radical (unpaired) electrons. The molecule has 0 saturated heterocycles. The van der Waals surface area contributed by atoms with E-state index in [1.807, 2.05) is 11.8 Å². The molecule has 0 bridgehead atoms. The molecule has 0 amide bonds. The molecule has 0 aliphatic carbocycles. The summed E-state index contributed by atoms with van der Waals surface area (Å²) in [5.41, 5.74) is 0. The lowest BCUT2D eigenvalue weighted by Crippen LogP contribution is -2.40. The third kappa shape index (κ3) is 2.90. The number of nitrogens with zero attached hydrogens (tertiary/aromatic N) is 3. The molecule has 0 aromatic rings. The van der Waals surface area contributed by atoms with Gasteiger partial charge in [-0.1, -0.05) is 26.7 Å². The molecule has 0 saturated carbocycles. The zero-order chi connectivity index (χ0) is 12.1. The van der Waals surface area contributed by atoms with Gasteiger partial charge < -0.3 is 0 Å². The van der Waals surface area contributed by atoms with Crippen molar-refractivity contribution >= 4 is 11.8 Å². The van der Waals surface area contributed by atoms with E-state index in [1.165, 1.54) is 25.7 Å². The van der Waals surface area contributed by atoms with E-state index >= 15 is 0 Å². The third-order valence-electron chi connectivity index (χ3n) is 3.55. The minimum Gasteiger partial charge on any atom is -0.164 e. The Bertz CT molecular complexity index is 242. The van der Waals surface area contributed by atoms with Crippen molar-refractivity contribution in [1.82, 2.24) is 5.01 Å². The van der Waals surface area contributed by atoms with E-state index in [0.29, 0.717) is 11.4 Å². The Kier molecular flexibility index (Phi) is 5.59. The molecular formula is C12H26N3S+. The van der Waals surface area contributed by atoms with E-state index < -0.39 is 0 Å². The second kappa shape index (κ2) is 6.48. The number of unbranched alkanes of at least 4 members (excludes halogenated alkanes) is 1. The van der Waals surface area contributed by atoms with Gasteiger partial charge in [-0.05, 0) is 19.1 Å². The lowest BCUT2D eigenvalue weighted by molar-refractivity contribution is -0.570. The van der Waals surface area contributed by atoms with Crippen LogP contribution in [0, 0.1) is 5.92 Å². The van der Waals surface area contributed by atoms with Crippen LogP contribution in [0.25, 0.3) is 0 Å². The standard InChI is InChI=1S/C12H26N3S/c1-6-8-9-10(7-2)11-12(16-5)15(4)13-14(11)3/h10-12H,6-9H2,1-5H3/q+1. The van der Waals surface area contributed by atoms with Gasteiger partial charge in [0.25, 0.3) is 0 Å². The Morgan fingerprint density at radius 2 is 2.12 bits per heavy atom. The van der Waals surface area contributed by atoms with Crippen LogP contribution in [-0.2, 0) is 0 Å². The third-order valence-corrected chi connectivity index (χ3v) is 4.62. The SMILES string of the molecule is CCCCC(CC)C1C(SC)[N+](C)=NN1C. The number of thioether (sulfide) groups is 1. The van der Waals surface area contributed by atoms with Gasteiger partial charge in [0.05, 0.1) is 19.3 Å². The van der Waals surface area contributed by atoms with Crippen molar-refractivity contribution < 1.29 is 4.70 Å². The molecule has 0 aromatic carbocycles. The lowest BCUT2D eigenvalue weighted by Gasteiger charge is -2.24. The molecule has 1 aliphatic rings. The minimum atomic E-state index is 0.520. The Morgan fingerprint density at radius 1 is 1.44 bits per heavy atom. The van der Waals surface area contributed by atoms with Gasteiger partial charge in [0.2, 0.25) is 5.37 Å². The second-order valence-electron chi connectivity index (χ2n) is 4.66. The van der Waals surface area contributed by atoms with Crippen LogP contribution in [0.15, 0.2) is 5.22 Å². The fourth-order valence-corrected chi connectivity index (χ4v) is 3.68. The molecule has 3 unspecified atom stereocenters. The average Bonchev–Trinajstić information content (AvgIpc) is 2.55. The number of rotatable bonds is 6. The van der Waals surface area contributed by atoms with Crippen molar-refractivity contribution in [2.75, 3.05) is 20.4 Å². The normalized spacial score (nSPS) is 27.1. The topological polar surface area (TPSA) is 18.6 Å². The smallest absolute Gasteiger partial charge is 0.164 e. The van der Waals surface area contributed by atoms with Crippen LogP contribution in [0.5, 0.6) is 0 Å². The summed E-state index contributed by atoms with van der Waals surface area (Å²) < 4.78 is 2.12. The molecule has 4 heteroatoms. The highest BCUT2D eigenvalue weighted by Crippen LogP contribution is 2.32. The van der Waals surface area contributed by atoms with Gasteiger partial charge in [0, 0.05) is 5.92 Å². The molecule has 94 valence electrons. The lowest BCUT2D eigenvalue weighted by atomic mass is 9.91. The highest BCUT2D eigenvalue weighted by molar-refractivity contribution is 7.99. The number of hydrogen-bond acceptors (Lipinski definition) is 3. The summed E-state index contributed by atoms with van der Waals surface area (Å²) in [5, 5.41) is 7.24. The zero-order valence-electron chi connectivity index (χ0n) is 11.3. The van der Waals surface area contributed by atoms with Gasteiger partial charge in [-0.15, -0.1) is 11.8 Å². The second-order valence-corrected chi connectivity index (χ2v) is 5.62.